The van der Waals surface area contributed by atoms with Crippen LogP contribution in [0.15, 0.2) is 28.7 Å². The van der Waals surface area contributed by atoms with Gasteiger partial charge in [-0.05, 0) is 36.5 Å². The first kappa shape index (κ1) is 11.3. The SMILES string of the molecule is CC(CBr)CCc1cccc(Br)c1. The first-order chi connectivity index (χ1) is 6.22. The minimum absolute atomic E-state index is 0.763. The molecular formula is C11H14Br2. The van der Waals surface area contributed by atoms with Crippen molar-refractivity contribution in [1.82, 2.24) is 0 Å². The summed E-state index contributed by atoms with van der Waals surface area (Å²) in [6.45, 7) is 2.27. The van der Waals surface area contributed by atoms with Gasteiger partial charge >= 0.3 is 0 Å². The van der Waals surface area contributed by atoms with E-state index >= 15 is 0 Å². The van der Waals surface area contributed by atoms with Crippen LogP contribution in [-0.4, -0.2) is 5.33 Å². The molecule has 2 heteroatoms. The van der Waals surface area contributed by atoms with Gasteiger partial charge in [-0.25, -0.2) is 0 Å². The summed E-state index contributed by atoms with van der Waals surface area (Å²) in [5.41, 5.74) is 1.42. The Kier molecular flexibility index (Phi) is 5.04. The van der Waals surface area contributed by atoms with E-state index in [1.54, 1.807) is 0 Å². The first-order valence-corrected chi connectivity index (χ1v) is 6.44. The van der Waals surface area contributed by atoms with Crippen LogP contribution < -0.4 is 0 Å². The minimum atomic E-state index is 0.763. The van der Waals surface area contributed by atoms with Gasteiger partial charge in [0.1, 0.15) is 0 Å². The zero-order chi connectivity index (χ0) is 9.68. The molecule has 0 spiro atoms. The zero-order valence-corrected chi connectivity index (χ0v) is 10.9. The molecule has 0 aliphatic rings. The number of hydrogen-bond donors (Lipinski definition) is 0. The predicted molar refractivity (Wildman–Crippen MR) is 65.4 cm³/mol. The summed E-state index contributed by atoms with van der Waals surface area (Å²) >= 11 is 6.97. The highest BCUT2D eigenvalue weighted by Gasteiger charge is 2.00. The van der Waals surface area contributed by atoms with E-state index in [-0.39, 0.29) is 0 Å². The second-order valence-corrected chi connectivity index (χ2v) is 4.99. The van der Waals surface area contributed by atoms with Gasteiger partial charge in [0, 0.05) is 9.80 Å². The number of alkyl halides is 1. The summed E-state index contributed by atoms with van der Waals surface area (Å²) in [5.74, 6) is 0.763. The Bertz CT molecular complexity index is 258. The maximum Gasteiger partial charge on any atom is 0.0177 e. The van der Waals surface area contributed by atoms with Crippen LogP contribution in [0.1, 0.15) is 18.9 Å². The molecule has 0 saturated carbocycles. The van der Waals surface area contributed by atoms with Crippen molar-refractivity contribution < 1.29 is 0 Å². The fourth-order valence-corrected chi connectivity index (χ4v) is 1.95. The van der Waals surface area contributed by atoms with Gasteiger partial charge in [-0.1, -0.05) is 50.9 Å². The van der Waals surface area contributed by atoms with Crippen LogP contribution in [0.25, 0.3) is 0 Å². The molecule has 0 amide bonds. The van der Waals surface area contributed by atoms with Crippen LogP contribution in [-0.2, 0) is 6.42 Å². The Labute approximate surface area is 97.0 Å². The third-order valence-electron chi connectivity index (χ3n) is 2.08. The fourth-order valence-electron chi connectivity index (χ4n) is 1.18. The van der Waals surface area contributed by atoms with Crippen LogP contribution in [0.2, 0.25) is 0 Å². The molecule has 1 rings (SSSR count). The van der Waals surface area contributed by atoms with E-state index in [2.05, 4.69) is 63.0 Å². The van der Waals surface area contributed by atoms with Crippen LogP contribution in [0.3, 0.4) is 0 Å². The van der Waals surface area contributed by atoms with E-state index in [0.29, 0.717) is 0 Å². The Morgan fingerprint density at radius 3 is 2.77 bits per heavy atom. The molecular weight excluding hydrogens is 292 g/mol. The molecule has 0 saturated heterocycles. The number of hydrogen-bond acceptors (Lipinski definition) is 0. The molecule has 0 radical (unpaired) electrons. The van der Waals surface area contributed by atoms with E-state index < -0.39 is 0 Å². The van der Waals surface area contributed by atoms with Gasteiger partial charge in [-0.3, -0.25) is 0 Å². The lowest BCUT2D eigenvalue weighted by Gasteiger charge is -2.07. The number of benzene rings is 1. The summed E-state index contributed by atoms with van der Waals surface area (Å²) in [5, 5.41) is 1.10. The first-order valence-electron chi connectivity index (χ1n) is 4.53. The maximum atomic E-state index is 3.49. The van der Waals surface area contributed by atoms with Gasteiger partial charge in [0.2, 0.25) is 0 Å². The third kappa shape index (κ3) is 4.28. The average Bonchev–Trinajstić information content (AvgIpc) is 2.14. The van der Waals surface area contributed by atoms with Crippen molar-refractivity contribution >= 4 is 31.9 Å². The monoisotopic (exact) mass is 304 g/mol. The summed E-state index contributed by atoms with van der Waals surface area (Å²) in [6, 6.07) is 8.54. The number of rotatable bonds is 4. The van der Waals surface area contributed by atoms with Gasteiger partial charge in [-0.2, -0.15) is 0 Å². The molecule has 1 aromatic rings. The molecule has 13 heavy (non-hydrogen) atoms. The lowest BCUT2D eigenvalue weighted by atomic mass is 10.0. The molecule has 0 heterocycles. The highest BCUT2D eigenvalue weighted by Crippen LogP contribution is 2.15. The average molecular weight is 306 g/mol. The Morgan fingerprint density at radius 1 is 1.38 bits per heavy atom. The molecule has 1 unspecified atom stereocenters. The third-order valence-corrected chi connectivity index (χ3v) is 3.68. The van der Waals surface area contributed by atoms with Crippen LogP contribution >= 0.6 is 31.9 Å². The van der Waals surface area contributed by atoms with E-state index in [0.717, 1.165) is 11.2 Å². The van der Waals surface area contributed by atoms with E-state index in [1.165, 1.54) is 22.9 Å². The van der Waals surface area contributed by atoms with Crippen LogP contribution in [0, 0.1) is 5.92 Å². The van der Waals surface area contributed by atoms with Gasteiger partial charge in [0.05, 0.1) is 0 Å². The quantitative estimate of drug-likeness (QED) is 0.723. The second kappa shape index (κ2) is 5.82. The number of halogens is 2. The van der Waals surface area contributed by atoms with Crippen molar-refractivity contribution in [3.05, 3.63) is 34.3 Å². The topological polar surface area (TPSA) is 0 Å². The Morgan fingerprint density at radius 2 is 2.15 bits per heavy atom. The van der Waals surface area contributed by atoms with E-state index in [9.17, 15) is 0 Å². The molecule has 72 valence electrons. The summed E-state index contributed by atoms with van der Waals surface area (Å²) in [6.07, 6.45) is 2.42. The van der Waals surface area contributed by atoms with E-state index in [1.807, 2.05) is 0 Å². The molecule has 0 aromatic heterocycles. The van der Waals surface area contributed by atoms with Gasteiger partial charge in [0.25, 0.3) is 0 Å². The lowest BCUT2D eigenvalue weighted by Crippen LogP contribution is -1.97. The highest BCUT2D eigenvalue weighted by molar-refractivity contribution is 9.10. The molecule has 1 atom stereocenters. The molecule has 1 aromatic carbocycles. The van der Waals surface area contributed by atoms with Crippen molar-refractivity contribution in [1.29, 1.82) is 0 Å². The van der Waals surface area contributed by atoms with Crippen molar-refractivity contribution in [2.24, 2.45) is 5.92 Å². The second-order valence-electron chi connectivity index (χ2n) is 3.43. The van der Waals surface area contributed by atoms with E-state index in [4.69, 9.17) is 0 Å². The highest BCUT2D eigenvalue weighted by atomic mass is 79.9. The van der Waals surface area contributed by atoms with Crippen molar-refractivity contribution in [3.63, 3.8) is 0 Å². The fraction of sp³-hybridized carbons (Fsp3) is 0.455. The summed E-state index contributed by atoms with van der Waals surface area (Å²) < 4.78 is 1.18. The van der Waals surface area contributed by atoms with Crippen molar-refractivity contribution in [2.75, 3.05) is 5.33 Å². The molecule has 0 bridgehead atoms. The zero-order valence-electron chi connectivity index (χ0n) is 7.76. The molecule has 0 aliphatic carbocycles. The Hall–Kier alpha value is 0.180. The maximum absolute atomic E-state index is 3.49. The molecule has 0 aliphatic heterocycles. The van der Waals surface area contributed by atoms with Gasteiger partial charge in [0.15, 0.2) is 0 Å². The van der Waals surface area contributed by atoms with Gasteiger partial charge in [-0.15, -0.1) is 0 Å². The van der Waals surface area contributed by atoms with Crippen molar-refractivity contribution in [3.8, 4) is 0 Å². The van der Waals surface area contributed by atoms with Gasteiger partial charge < -0.3 is 0 Å². The van der Waals surface area contributed by atoms with Crippen molar-refractivity contribution in [2.45, 2.75) is 19.8 Å². The molecule has 0 fully saturated rings. The summed E-state index contributed by atoms with van der Waals surface area (Å²) in [4.78, 5) is 0. The standard InChI is InChI=1S/C11H14Br2/c1-9(8-12)5-6-10-3-2-4-11(13)7-10/h2-4,7,9H,5-6,8H2,1H3. The lowest BCUT2D eigenvalue weighted by molar-refractivity contribution is 0.599. The Balaban J connectivity index is 2.45. The number of aryl methyl sites for hydroxylation is 1. The van der Waals surface area contributed by atoms with Crippen LogP contribution in [0.5, 0.6) is 0 Å². The van der Waals surface area contributed by atoms with Crippen LogP contribution in [0.4, 0.5) is 0 Å². The predicted octanol–water partition coefficient (Wildman–Crippen LogP) is 4.41. The minimum Gasteiger partial charge on any atom is -0.0925 e. The molecule has 0 N–H and O–H groups in total. The largest absolute Gasteiger partial charge is 0.0925 e. The smallest absolute Gasteiger partial charge is 0.0177 e. The summed E-state index contributed by atoms with van der Waals surface area (Å²) in [7, 11) is 0. The normalized spacial score (nSPS) is 12.8. The molecule has 0 nitrogen and oxygen atoms in total.